The van der Waals surface area contributed by atoms with Gasteiger partial charge in [-0.25, -0.2) is 10.9 Å². The minimum absolute atomic E-state index is 0.0218. The van der Waals surface area contributed by atoms with Crippen molar-refractivity contribution in [3.8, 4) is 0 Å². The van der Waals surface area contributed by atoms with Crippen molar-refractivity contribution in [3.63, 3.8) is 0 Å². The standard InChI is InChI=1S/C34H51N5O5.C31H46N4O5.C9H16O3/c1-9-11-14-29(44-8)22(5)31(40)36-30(21(3)4)32(41)35-23(6)33(42)39-19-12-13-27(37-39)34(43)38(7)28-18-17-25-16-15-24(10-2)20-26(25)28;1-9-21-12-13-22-14-15-26(24(22)17-21)34(8)30(39)25-11-10-16-35(33-25)29(38)20(4)32-28(37)23(19(2)3)18-27(36)40-31(5,6)7;1-4-5-6-8(12-3)7(2)9(10)11/h9-10,15-16,20-23,27-30,37H,1-2,11-14,17-19H2,3-8H3,(H,35,41)(H,36,40);9,12-13,17,19-20,23,25-26,33H,1,10-11,14-16,18H2,2-8H3,(H,32,37);4,7-8H,1,5-6H2,2-3H3,(H,10,11)/t22-,23+,27+,28-,29-,30+;20-,23-,25-,26+;7-,8-/m101/s1. The number of aryl methyl sites for hydroxylation is 2. The molecule has 0 saturated carbocycles. The highest BCUT2D eigenvalue weighted by molar-refractivity contribution is 5.93. The molecule has 2 aliphatic heterocycles. The minimum atomic E-state index is -0.865. The summed E-state index contributed by atoms with van der Waals surface area (Å²) >= 11 is 0. The average molecular weight is 1340 g/mol. The monoisotopic (exact) mass is 1340 g/mol. The highest BCUT2D eigenvalue weighted by Gasteiger charge is 2.40. The third-order valence-electron chi connectivity index (χ3n) is 18.5. The molecule has 7 amide bonds. The van der Waals surface area contributed by atoms with Gasteiger partial charge < -0.3 is 45.1 Å². The van der Waals surface area contributed by atoms with Gasteiger partial charge in [0.25, 0.3) is 11.8 Å². The number of carbonyl (C=O) groups is 9. The summed E-state index contributed by atoms with van der Waals surface area (Å²) in [6, 6.07) is 8.85. The Morgan fingerprint density at radius 3 is 1.42 bits per heavy atom. The van der Waals surface area contributed by atoms with Gasteiger partial charge in [0.15, 0.2) is 0 Å². The molecule has 0 bridgehead atoms. The predicted octanol–water partition coefficient (Wildman–Crippen LogP) is 9.00. The molecule has 6 N–H and O–H groups in total. The largest absolute Gasteiger partial charge is 0.481 e. The molecule has 2 aromatic carbocycles. The van der Waals surface area contributed by atoms with Crippen molar-refractivity contribution in [2.75, 3.05) is 41.4 Å². The van der Waals surface area contributed by atoms with Crippen LogP contribution in [0.1, 0.15) is 192 Å². The van der Waals surface area contributed by atoms with E-state index in [-0.39, 0.29) is 78.0 Å². The van der Waals surface area contributed by atoms with Crippen LogP contribution in [0.15, 0.2) is 74.9 Å². The Morgan fingerprint density at radius 1 is 0.615 bits per heavy atom. The molecule has 22 nitrogen and oxygen atoms in total. The number of carboxylic acids is 1. The molecule has 0 aromatic heterocycles. The van der Waals surface area contributed by atoms with Gasteiger partial charge in [0.2, 0.25) is 29.5 Å². The maximum absolute atomic E-state index is 13.6. The van der Waals surface area contributed by atoms with Crippen molar-refractivity contribution in [1.29, 1.82) is 0 Å². The van der Waals surface area contributed by atoms with E-state index in [0.29, 0.717) is 58.0 Å². The van der Waals surface area contributed by atoms with Gasteiger partial charge in [0.1, 0.15) is 35.8 Å². The van der Waals surface area contributed by atoms with E-state index in [1.54, 1.807) is 77.5 Å². The Labute approximate surface area is 571 Å². The maximum atomic E-state index is 13.6. The number of hydrogen-bond acceptors (Lipinski definition) is 14. The zero-order valence-corrected chi connectivity index (χ0v) is 59.9. The number of methoxy groups -OCH3 is 2. The summed E-state index contributed by atoms with van der Waals surface area (Å²) in [5.41, 5.74) is 12.5. The fourth-order valence-electron chi connectivity index (χ4n) is 12.6. The number of fused-ring (bicyclic) bond motifs is 2. The highest BCUT2D eigenvalue weighted by atomic mass is 16.6. The molecule has 2 heterocycles. The normalized spacial score (nSPS) is 19.8. The van der Waals surface area contributed by atoms with Crippen LogP contribution in [0, 0.1) is 29.6 Å². The first-order chi connectivity index (χ1) is 45.3. The number of carbonyl (C=O) groups excluding carboxylic acids is 8. The van der Waals surface area contributed by atoms with Crippen molar-refractivity contribution in [3.05, 3.63) is 108 Å². The minimum Gasteiger partial charge on any atom is -0.481 e. The van der Waals surface area contributed by atoms with E-state index < -0.39 is 71.4 Å². The Kier molecular flexibility index (Phi) is 32.4. The van der Waals surface area contributed by atoms with Gasteiger partial charge in [-0.15, -0.1) is 13.2 Å². The second-order valence-corrected chi connectivity index (χ2v) is 27.5. The maximum Gasteiger partial charge on any atom is 0.308 e. The molecule has 96 heavy (non-hydrogen) atoms. The lowest BCUT2D eigenvalue weighted by Gasteiger charge is -2.37. The Morgan fingerprint density at radius 2 is 1.04 bits per heavy atom. The number of allylic oxidation sites excluding steroid dienone is 2. The number of hydrogen-bond donors (Lipinski definition) is 6. The highest BCUT2D eigenvalue weighted by Crippen LogP contribution is 2.38. The SMILES string of the molecule is C=CCC[C@@H](OC)[C@@H](C)C(=O)N[C@H](C(=O)N[C@@H](C)C(=O)N1CCC[C@@H](C(=O)N(C)[C@@H]2CCc3ccc(C=C)cc32)N1)C(C)C.C=CCC[C@@H](OC)[C@@H](C)C(=O)O.C=Cc1ccc2c(c1)[C@H](N(C)C(=O)[C@@H]1CCCN(C(=O)[C@H](C)NC(=O)[C@@H](CC(=O)OC(C)(C)C)C(C)C)N1)CC2. The number of nitrogens with one attached hydrogen (secondary N) is 5. The Hall–Kier alpha value is -7.53. The summed E-state index contributed by atoms with van der Waals surface area (Å²) in [5.74, 6) is -5.04. The average Bonchev–Trinajstić information content (AvgIpc) is 1.61. The summed E-state index contributed by atoms with van der Waals surface area (Å²) in [5, 5.41) is 20.0. The van der Waals surface area contributed by atoms with Crippen LogP contribution in [0.5, 0.6) is 0 Å². The molecule has 2 aliphatic carbocycles. The van der Waals surface area contributed by atoms with Crippen LogP contribution in [-0.4, -0.2) is 168 Å². The fraction of sp³-hybridized carbons (Fsp3) is 0.608. The summed E-state index contributed by atoms with van der Waals surface area (Å²) in [6.07, 6.45) is 15.5. The second kappa shape index (κ2) is 38.4. The van der Waals surface area contributed by atoms with Crippen molar-refractivity contribution in [2.45, 2.75) is 220 Å². The first-order valence-corrected chi connectivity index (χ1v) is 34.1. The zero-order valence-electron chi connectivity index (χ0n) is 59.9. The number of likely N-dealkylation sites (N-methyl/N-ethyl adjacent to an activating group) is 2. The van der Waals surface area contributed by atoms with Crippen LogP contribution >= 0.6 is 0 Å². The topological polar surface area (TPSA) is 275 Å². The summed E-state index contributed by atoms with van der Waals surface area (Å²) in [7, 11) is 6.75. The van der Waals surface area contributed by atoms with E-state index >= 15 is 0 Å². The van der Waals surface area contributed by atoms with Crippen LogP contribution in [0.2, 0.25) is 0 Å². The molecule has 532 valence electrons. The molecule has 2 aromatic rings. The van der Waals surface area contributed by atoms with Gasteiger partial charge in [0.05, 0.1) is 48.5 Å². The van der Waals surface area contributed by atoms with Gasteiger partial charge in [-0.05, 0) is 176 Å². The molecule has 0 unspecified atom stereocenters. The van der Waals surface area contributed by atoms with Crippen molar-refractivity contribution in [2.24, 2.45) is 29.6 Å². The summed E-state index contributed by atoms with van der Waals surface area (Å²) in [6.45, 7) is 35.3. The molecular formula is C74H113N9O13. The van der Waals surface area contributed by atoms with Crippen molar-refractivity contribution >= 4 is 65.4 Å². The van der Waals surface area contributed by atoms with Crippen LogP contribution in [0.25, 0.3) is 12.2 Å². The number of rotatable bonds is 29. The summed E-state index contributed by atoms with van der Waals surface area (Å²) in [4.78, 5) is 120. The van der Waals surface area contributed by atoms with Gasteiger partial charge in [-0.1, -0.05) is 96.3 Å². The molecule has 4 aliphatic rings. The van der Waals surface area contributed by atoms with Gasteiger partial charge in [-0.2, -0.15) is 0 Å². The first-order valence-electron chi connectivity index (χ1n) is 34.1. The summed E-state index contributed by atoms with van der Waals surface area (Å²) < 4.78 is 15.9. The molecule has 6 rings (SSSR count). The third-order valence-corrected chi connectivity index (χ3v) is 18.5. The van der Waals surface area contributed by atoms with Crippen molar-refractivity contribution in [1.82, 2.24) is 46.6 Å². The third kappa shape index (κ3) is 23.1. The van der Waals surface area contributed by atoms with Crippen LogP contribution in [0.4, 0.5) is 0 Å². The zero-order chi connectivity index (χ0) is 71.9. The van der Waals surface area contributed by atoms with E-state index in [0.717, 1.165) is 54.4 Å². The van der Waals surface area contributed by atoms with Gasteiger partial charge in [0, 0.05) is 41.4 Å². The molecule has 2 saturated heterocycles. The lowest BCUT2D eigenvalue weighted by atomic mass is 9.91. The Balaban J connectivity index is 0.000000350. The lowest BCUT2D eigenvalue weighted by Crippen LogP contribution is -2.62. The van der Waals surface area contributed by atoms with Crippen LogP contribution < -0.4 is 26.8 Å². The number of amides is 7. The number of aliphatic carboxylic acids is 1. The molecular weight excluding hydrogens is 1220 g/mol. The van der Waals surface area contributed by atoms with Gasteiger partial charge >= 0.3 is 11.9 Å². The molecule has 2 fully saturated rings. The Bertz CT molecular complexity index is 3030. The van der Waals surface area contributed by atoms with E-state index in [1.165, 1.54) is 28.3 Å². The second-order valence-electron chi connectivity index (χ2n) is 27.5. The quantitative estimate of drug-likeness (QED) is 0.0328. The lowest BCUT2D eigenvalue weighted by molar-refractivity contribution is -0.158. The number of hydrazine groups is 2. The molecule has 12 atom stereocenters. The molecule has 22 heteroatoms. The van der Waals surface area contributed by atoms with E-state index in [9.17, 15) is 43.2 Å². The van der Waals surface area contributed by atoms with Crippen molar-refractivity contribution < 1.29 is 62.5 Å². The number of ether oxygens (including phenoxy) is 3. The van der Waals surface area contributed by atoms with Crippen LogP contribution in [0.3, 0.4) is 0 Å². The number of nitrogens with zero attached hydrogens (tertiary/aromatic N) is 4. The smallest absolute Gasteiger partial charge is 0.308 e. The fourth-order valence-corrected chi connectivity index (χ4v) is 12.6. The van der Waals surface area contributed by atoms with Crippen LogP contribution in [-0.2, 0) is 70.2 Å². The number of carboxylic acid groups (broad SMARTS) is 1. The van der Waals surface area contributed by atoms with Gasteiger partial charge in [-0.3, -0.25) is 53.2 Å². The first kappa shape index (κ1) is 80.9. The molecule has 0 spiro atoms. The number of benzene rings is 2. The van der Waals surface area contributed by atoms with E-state index in [4.69, 9.17) is 19.3 Å². The number of esters is 1. The van der Waals surface area contributed by atoms with E-state index in [2.05, 4.69) is 77.4 Å². The predicted molar refractivity (Wildman–Crippen MR) is 374 cm³/mol. The molecule has 0 radical (unpaired) electrons. The van der Waals surface area contributed by atoms with E-state index in [1.807, 2.05) is 66.1 Å².